The van der Waals surface area contributed by atoms with Gasteiger partial charge in [-0.2, -0.15) is 0 Å². The largest absolute Gasteiger partial charge is 0.249 e. The molecule has 1 rings (SSSR count). The van der Waals surface area contributed by atoms with Crippen molar-refractivity contribution in [3.8, 4) is 0 Å². The summed E-state index contributed by atoms with van der Waals surface area (Å²) < 4.78 is 22.3. The van der Waals surface area contributed by atoms with Gasteiger partial charge in [-0.1, -0.05) is 13.8 Å². The normalized spacial score (nSPS) is 12.0. The predicted octanol–water partition coefficient (Wildman–Crippen LogP) is 1.23. The van der Waals surface area contributed by atoms with Crippen LogP contribution < -0.4 is 5.14 Å². The molecule has 78 valence electrons. The number of rotatable bonds is 3. The van der Waals surface area contributed by atoms with Crippen molar-refractivity contribution in [3.63, 3.8) is 0 Å². The molecule has 0 atom stereocenters. The molecule has 0 unspecified atom stereocenters. The van der Waals surface area contributed by atoms with Crippen LogP contribution in [0, 0.1) is 0 Å². The van der Waals surface area contributed by atoms with Gasteiger partial charge < -0.3 is 0 Å². The maximum Gasteiger partial charge on any atom is 0.240 e. The van der Waals surface area contributed by atoms with Gasteiger partial charge >= 0.3 is 0 Å². The zero-order chi connectivity index (χ0) is 10.8. The summed E-state index contributed by atoms with van der Waals surface area (Å²) >= 11 is 1.38. The number of pyridine rings is 1. The minimum absolute atomic E-state index is 0.0960. The lowest BCUT2D eigenvalue weighted by Crippen LogP contribution is -2.14. The maximum atomic E-state index is 11.2. The minimum atomic E-state index is -3.66. The number of sulfonamides is 1. The molecule has 0 saturated carbocycles. The van der Waals surface area contributed by atoms with E-state index in [9.17, 15) is 8.42 Å². The van der Waals surface area contributed by atoms with E-state index < -0.39 is 10.0 Å². The molecule has 0 aliphatic carbocycles. The molecule has 0 aliphatic heterocycles. The second kappa shape index (κ2) is 4.29. The fraction of sp³-hybridized carbons (Fsp3) is 0.375. The van der Waals surface area contributed by atoms with Crippen LogP contribution in [-0.2, 0) is 10.0 Å². The Labute approximate surface area is 88.0 Å². The quantitative estimate of drug-likeness (QED) is 0.795. The molecule has 1 aromatic rings. The van der Waals surface area contributed by atoms with E-state index >= 15 is 0 Å². The number of hydrogen-bond donors (Lipinski definition) is 1. The second-order valence-corrected chi connectivity index (χ2v) is 6.11. The molecule has 0 fully saturated rings. The molecule has 2 N–H and O–H groups in total. The van der Waals surface area contributed by atoms with Crippen molar-refractivity contribution in [1.82, 2.24) is 4.98 Å². The molecule has 14 heavy (non-hydrogen) atoms. The van der Waals surface area contributed by atoms with Crippen LogP contribution in [0.5, 0.6) is 0 Å². The van der Waals surface area contributed by atoms with Crippen molar-refractivity contribution < 1.29 is 8.42 Å². The van der Waals surface area contributed by atoms with Gasteiger partial charge in [0.15, 0.2) is 0 Å². The number of nitrogens with zero attached hydrogens (tertiary/aromatic N) is 1. The molecule has 0 amide bonds. The first kappa shape index (κ1) is 11.5. The van der Waals surface area contributed by atoms with E-state index in [0.29, 0.717) is 5.03 Å². The SMILES string of the molecule is CC(C)Sc1ncccc1S(N)(=O)=O. The van der Waals surface area contributed by atoms with Crippen LogP contribution in [0.1, 0.15) is 13.8 Å². The van der Waals surface area contributed by atoms with Gasteiger partial charge in [0, 0.05) is 11.4 Å². The molecule has 0 spiro atoms. The first-order valence-corrected chi connectivity index (χ1v) is 6.48. The van der Waals surface area contributed by atoms with Crippen molar-refractivity contribution in [1.29, 1.82) is 0 Å². The third-order valence-corrected chi connectivity index (χ3v) is 3.48. The molecular formula is C8H12N2O2S2. The molecule has 0 saturated heterocycles. The van der Waals surface area contributed by atoms with Crippen LogP contribution >= 0.6 is 11.8 Å². The molecule has 1 aromatic heterocycles. The van der Waals surface area contributed by atoms with Gasteiger partial charge in [-0.15, -0.1) is 11.8 Å². The van der Waals surface area contributed by atoms with Gasteiger partial charge in [0.25, 0.3) is 0 Å². The fourth-order valence-corrected chi connectivity index (χ4v) is 2.71. The molecular weight excluding hydrogens is 220 g/mol. The number of primary sulfonamides is 1. The van der Waals surface area contributed by atoms with E-state index in [0.717, 1.165) is 0 Å². The fourth-order valence-electron chi connectivity index (χ4n) is 0.904. The molecule has 0 aromatic carbocycles. The number of nitrogens with two attached hydrogens (primary N) is 1. The van der Waals surface area contributed by atoms with Gasteiger partial charge in [-0.05, 0) is 12.1 Å². The maximum absolute atomic E-state index is 11.2. The van der Waals surface area contributed by atoms with Crippen LogP contribution in [0.25, 0.3) is 0 Å². The molecule has 6 heteroatoms. The summed E-state index contributed by atoms with van der Waals surface area (Å²) in [6.07, 6.45) is 1.55. The van der Waals surface area contributed by atoms with Gasteiger partial charge in [-0.3, -0.25) is 0 Å². The minimum Gasteiger partial charge on any atom is -0.249 e. The second-order valence-electron chi connectivity index (χ2n) is 3.02. The third kappa shape index (κ3) is 2.97. The highest BCUT2D eigenvalue weighted by molar-refractivity contribution is 8.00. The Kier molecular flexibility index (Phi) is 3.52. The lowest BCUT2D eigenvalue weighted by Gasteiger charge is -2.07. The average Bonchev–Trinajstić information content (AvgIpc) is 2.01. The highest BCUT2D eigenvalue weighted by Gasteiger charge is 2.15. The van der Waals surface area contributed by atoms with Gasteiger partial charge in [0.1, 0.15) is 9.92 Å². The zero-order valence-electron chi connectivity index (χ0n) is 7.97. The topological polar surface area (TPSA) is 73.0 Å². The van der Waals surface area contributed by atoms with E-state index in [-0.39, 0.29) is 10.1 Å². The molecule has 0 bridgehead atoms. The lowest BCUT2D eigenvalue weighted by atomic mass is 10.5. The van der Waals surface area contributed by atoms with Gasteiger partial charge in [0.05, 0.1) is 0 Å². The third-order valence-electron chi connectivity index (χ3n) is 1.39. The van der Waals surface area contributed by atoms with E-state index in [2.05, 4.69) is 4.98 Å². The van der Waals surface area contributed by atoms with Gasteiger partial charge in [0.2, 0.25) is 10.0 Å². The predicted molar refractivity (Wildman–Crippen MR) is 56.6 cm³/mol. The molecule has 0 radical (unpaired) electrons. The number of hydrogen-bond acceptors (Lipinski definition) is 4. The van der Waals surface area contributed by atoms with Crippen molar-refractivity contribution in [3.05, 3.63) is 18.3 Å². The van der Waals surface area contributed by atoms with Crippen LogP contribution in [-0.4, -0.2) is 18.7 Å². The van der Waals surface area contributed by atoms with E-state index in [4.69, 9.17) is 5.14 Å². The van der Waals surface area contributed by atoms with Crippen LogP contribution in [0.2, 0.25) is 0 Å². The van der Waals surface area contributed by atoms with Crippen LogP contribution in [0.15, 0.2) is 28.3 Å². The van der Waals surface area contributed by atoms with Gasteiger partial charge in [-0.25, -0.2) is 18.5 Å². The summed E-state index contributed by atoms with van der Waals surface area (Å²) in [6, 6.07) is 3.02. The molecule has 0 aliphatic rings. The van der Waals surface area contributed by atoms with Crippen LogP contribution in [0.4, 0.5) is 0 Å². The summed E-state index contributed by atoms with van der Waals surface area (Å²) in [6.45, 7) is 3.93. The van der Waals surface area contributed by atoms with Crippen molar-refractivity contribution in [2.24, 2.45) is 5.14 Å². The number of aromatic nitrogens is 1. The highest BCUT2D eigenvalue weighted by Crippen LogP contribution is 2.26. The monoisotopic (exact) mass is 232 g/mol. The Morgan fingerprint density at radius 1 is 1.50 bits per heavy atom. The standard InChI is InChI=1S/C8H12N2O2S2/c1-6(2)13-8-7(14(9,11)12)4-3-5-10-8/h3-6H,1-2H3,(H2,9,11,12). The Bertz CT molecular complexity index is 415. The summed E-state index contributed by atoms with van der Waals surface area (Å²) in [5.74, 6) is 0. The van der Waals surface area contributed by atoms with E-state index in [1.165, 1.54) is 17.8 Å². The smallest absolute Gasteiger partial charge is 0.240 e. The average molecular weight is 232 g/mol. The van der Waals surface area contributed by atoms with E-state index in [1.54, 1.807) is 12.3 Å². The summed E-state index contributed by atoms with van der Waals surface area (Å²) in [7, 11) is -3.66. The Morgan fingerprint density at radius 2 is 2.14 bits per heavy atom. The molecule has 4 nitrogen and oxygen atoms in total. The van der Waals surface area contributed by atoms with Crippen molar-refractivity contribution in [2.45, 2.75) is 29.0 Å². The first-order valence-electron chi connectivity index (χ1n) is 4.05. The number of thioether (sulfide) groups is 1. The van der Waals surface area contributed by atoms with E-state index in [1.807, 2.05) is 13.8 Å². The first-order chi connectivity index (χ1) is 6.41. The lowest BCUT2D eigenvalue weighted by molar-refractivity contribution is 0.594. The highest BCUT2D eigenvalue weighted by atomic mass is 32.2. The summed E-state index contributed by atoms with van der Waals surface area (Å²) in [4.78, 5) is 4.09. The van der Waals surface area contributed by atoms with Crippen molar-refractivity contribution >= 4 is 21.8 Å². The summed E-state index contributed by atoms with van der Waals surface area (Å²) in [5, 5.41) is 5.78. The Balaban J connectivity index is 3.17. The van der Waals surface area contributed by atoms with Crippen LogP contribution in [0.3, 0.4) is 0 Å². The Hall–Kier alpha value is -0.590. The zero-order valence-corrected chi connectivity index (χ0v) is 9.60. The Morgan fingerprint density at radius 3 is 2.64 bits per heavy atom. The van der Waals surface area contributed by atoms with Crippen molar-refractivity contribution in [2.75, 3.05) is 0 Å². The summed E-state index contributed by atoms with van der Waals surface area (Å²) in [5.41, 5.74) is 0. The molecule has 1 heterocycles.